The zero-order chi connectivity index (χ0) is 25.6. The number of hydrogen-bond donors (Lipinski definition) is 2. The molecule has 3 aromatic rings. The molecule has 3 aromatic carbocycles. The van der Waals surface area contributed by atoms with Crippen molar-refractivity contribution in [3.63, 3.8) is 0 Å². The van der Waals surface area contributed by atoms with Crippen LogP contribution in [-0.4, -0.2) is 52.1 Å². The molecule has 0 amide bonds. The summed E-state index contributed by atoms with van der Waals surface area (Å²) in [6.07, 6.45) is -2.30. The van der Waals surface area contributed by atoms with E-state index in [4.69, 9.17) is 4.43 Å². The van der Waals surface area contributed by atoms with Gasteiger partial charge in [-0.1, -0.05) is 115 Å². The molecule has 0 spiro atoms. The van der Waals surface area contributed by atoms with E-state index >= 15 is 0 Å². The molecule has 7 heteroatoms. The van der Waals surface area contributed by atoms with Crippen LogP contribution in [0.1, 0.15) is 26.3 Å². The Morgan fingerprint density at radius 1 is 0.886 bits per heavy atom. The van der Waals surface area contributed by atoms with Crippen molar-refractivity contribution in [2.24, 2.45) is 0 Å². The van der Waals surface area contributed by atoms with E-state index in [1.54, 1.807) is 12.1 Å². The van der Waals surface area contributed by atoms with Gasteiger partial charge in [0.05, 0.1) is 33.6 Å². The molecule has 0 saturated heterocycles. The maximum Gasteiger partial charge on any atom is 0.261 e. The zero-order valence-corrected chi connectivity index (χ0v) is 24.1. The number of aryl methyl sites for hydroxylation is 1. The Bertz CT molecular complexity index is 1050. The highest BCUT2D eigenvalue weighted by Crippen LogP contribution is 2.37. The van der Waals surface area contributed by atoms with Gasteiger partial charge in [-0.15, -0.1) is 0 Å². The molecule has 2 N–H and O–H groups in total. The lowest BCUT2D eigenvalue weighted by atomic mass is 10.2. The van der Waals surface area contributed by atoms with Gasteiger partial charge in [0.1, 0.15) is 0 Å². The second-order valence-electron chi connectivity index (χ2n) is 9.87. The quantitative estimate of drug-likeness (QED) is 0.282. The standard InChI is InChI=1S/C28H35BrO4SSi/c1-21-15-17-22(18-16-21)34(32)20-26(30)27(31)25(29)19-33-35(28(2,3)4,23-11-7-5-8-12-23)24-13-9-6-10-14-24/h5-18,25-27,30-31H,19-20H2,1-4H3/t25-,26+,27-,34?/m0/s1. The van der Waals surface area contributed by atoms with Crippen molar-refractivity contribution < 1.29 is 18.8 Å². The summed E-state index contributed by atoms with van der Waals surface area (Å²) >= 11 is 3.55. The Kier molecular flexibility index (Phi) is 9.65. The molecule has 0 heterocycles. The number of halogens is 1. The van der Waals surface area contributed by atoms with E-state index < -0.39 is 36.2 Å². The van der Waals surface area contributed by atoms with Crippen LogP contribution in [0.2, 0.25) is 5.04 Å². The number of aliphatic hydroxyl groups is 2. The third-order valence-electron chi connectivity index (χ3n) is 6.25. The maximum atomic E-state index is 12.7. The molecule has 188 valence electrons. The number of aliphatic hydroxyl groups excluding tert-OH is 2. The summed E-state index contributed by atoms with van der Waals surface area (Å²) in [6, 6.07) is 27.9. The van der Waals surface area contributed by atoms with Gasteiger partial charge in [-0.2, -0.15) is 0 Å². The molecule has 0 saturated carbocycles. The summed E-state index contributed by atoms with van der Waals surface area (Å²) in [5, 5.41) is 23.7. The van der Waals surface area contributed by atoms with Gasteiger partial charge in [-0.25, -0.2) is 0 Å². The predicted octanol–water partition coefficient (Wildman–Crippen LogP) is 4.16. The van der Waals surface area contributed by atoms with Crippen LogP contribution in [0.3, 0.4) is 0 Å². The molecule has 0 aliphatic carbocycles. The van der Waals surface area contributed by atoms with Crippen LogP contribution in [0.15, 0.2) is 89.8 Å². The third-order valence-corrected chi connectivity index (χ3v) is 13.5. The summed E-state index contributed by atoms with van der Waals surface area (Å²) < 4.78 is 19.6. The molecule has 4 nitrogen and oxygen atoms in total. The Balaban J connectivity index is 1.80. The molecule has 0 radical (unpaired) electrons. The summed E-state index contributed by atoms with van der Waals surface area (Å²) in [5.74, 6) is -0.0501. The average Bonchev–Trinajstić information content (AvgIpc) is 2.84. The van der Waals surface area contributed by atoms with Crippen LogP contribution in [0.5, 0.6) is 0 Å². The number of alkyl halides is 1. The van der Waals surface area contributed by atoms with Crippen molar-refractivity contribution in [1.82, 2.24) is 0 Å². The molecule has 0 aliphatic heterocycles. The van der Waals surface area contributed by atoms with Crippen LogP contribution < -0.4 is 10.4 Å². The van der Waals surface area contributed by atoms with Crippen molar-refractivity contribution in [1.29, 1.82) is 0 Å². The van der Waals surface area contributed by atoms with Crippen LogP contribution in [0, 0.1) is 6.92 Å². The zero-order valence-electron chi connectivity index (χ0n) is 20.7. The lowest BCUT2D eigenvalue weighted by molar-refractivity contribution is 0.0256. The van der Waals surface area contributed by atoms with Gasteiger partial charge in [-0.05, 0) is 34.5 Å². The monoisotopic (exact) mass is 574 g/mol. The lowest BCUT2D eigenvalue weighted by Crippen LogP contribution is -2.67. The van der Waals surface area contributed by atoms with Crippen LogP contribution >= 0.6 is 15.9 Å². The van der Waals surface area contributed by atoms with E-state index in [0.717, 1.165) is 15.9 Å². The molecular weight excluding hydrogens is 540 g/mol. The molecule has 3 rings (SSSR count). The number of benzene rings is 3. The Hall–Kier alpha value is -1.61. The normalized spacial score (nSPS) is 15.9. The number of hydrogen-bond acceptors (Lipinski definition) is 4. The maximum absolute atomic E-state index is 12.7. The van der Waals surface area contributed by atoms with E-state index in [-0.39, 0.29) is 17.4 Å². The number of rotatable bonds is 10. The summed E-state index contributed by atoms with van der Waals surface area (Å²) in [4.78, 5) is 0.103. The smallest absolute Gasteiger partial charge is 0.261 e. The molecule has 0 fully saturated rings. The fraction of sp³-hybridized carbons (Fsp3) is 0.357. The predicted molar refractivity (Wildman–Crippen MR) is 151 cm³/mol. The van der Waals surface area contributed by atoms with Crippen molar-refractivity contribution in [3.05, 3.63) is 90.5 Å². The van der Waals surface area contributed by atoms with Gasteiger partial charge >= 0.3 is 0 Å². The van der Waals surface area contributed by atoms with Gasteiger partial charge in [0.2, 0.25) is 0 Å². The van der Waals surface area contributed by atoms with E-state index in [1.165, 1.54) is 0 Å². The molecule has 1 unspecified atom stereocenters. The Morgan fingerprint density at radius 3 is 1.83 bits per heavy atom. The van der Waals surface area contributed by atoms with E-state index in [1.807, 2.05) is 55.5 Å². The minimum Gasteiger partial charge on any atom is -0.406 e. The first kappa shape index (κ1) is 28.0. The van der Waals surface area contributed by atoms with Gasteiger partial charge in [0.25, 0.3) is 8.32 Å². The Morgan fingerprint density at radius 2 is 1.37 bits per heavy atom. The highest BCUT2D eigenvalue weighted by Gasteiger charge is 2.50. The third kappa shape index (κ3) is 6.59. The molecule has 0 aliphatic rings. The van der Waals surface area contributed by atoms with Crippen molar-refractivity contribution in [3.8, 4) is 0 Å². The minimum atomic E-state index is -2.77. The van der Waals surface area contributed by atoms with E-state index in [0.29, 0.717) is 4.90 Å². The minimum absolute atomic E-state index is 0.0501. The molecular formula is C28H35BrO4SSi. The average molecular weight is 576 g/mol. The second kappa shape index (κ2) is 12.1. The van der Waals surface area contributed by atoms with Gasteiger partial charge < -0.3 is 14.6 Å². The fourth-order valence-electron chi connectivity index (χ4n) is 4.35. The highest BCUT2D eigenvalue weighted by atomic mass is 79.9. The molecule has 0 bridgehead atoms. The second-order valence-corrected chi connectivity index (χ2v) is 16.9. The topological polar surface area (TPSA) is 66.8 Å². The fourth-order valence-corrected chi connectivity index (χ4v) is 10.8. The highest BCUT2D eigenvalue weighted by molar-refractivity contribution is 9.09. The van der Waals surface area contributed by atoms with Crippen LogP contribution in [0.4, 0.5) is 0 Å². The van der Waals surface area contributed by atoms with E-state index in [2.05, 4.69) is 61.0 Å². The van der Waals surface area contributed by atoms with E-state index in [9.17, 15) is 14.4 Å². The van der Waals surface area contributed by atoms with Gasteiger partial charge in [-0.3, -0.25) is 4.21 Å². The van der Waals surface area contributed by atoms with Gasteiger partial charge in [0, 0.05) is 11.5 Å². The van der Waals surface area contributed by atoms with Crippen molar-refractivity contribution >= 4 is 45.4 Å². The first-order valence-corrected chi connectivity index (χ1v) is 15.9. The van der Waals surface area contributed by atoms with Crippen molar-refractivity contribution in [2.45, 2.75) is 54.7 Å². The van der Waals surface area contributed by atoms with Crippen LogP contribution in [0.25, 0.3) is 0 Å². The lowest BCUT2D eigenvalue weighted by Gasteiger charge is -2.43. The Labute approximate surface area is 221 Å². The summed E-state index contributed by atoms with van der Waals surface area (Å²) in [7, 11) is -4.18. The van der Waals surface area contributed by atoms with Gasteiger partial charge in [0.15, 0.2) is 0 Å². The summed E-state index contributed by atoms with van der Waals surface area (Å²) in [6.45, 7) is 8.74. The first-order chi connectivity index (χ1) is 16.6. The van der Waals surface area contributed by atoms with Crippen LogP contribution in [-0.2, 0) is 15.2 Å². The van der Waals surface area contributed by atoms with Crippen molar-refractivity contribution in [2.75, 3.05) is 12.4 Å². The largest absolute Gasteiger partial charge is 0.406 e. The summed E-state index contributed by atoms with van der Waals surface area (Å²) in [5.41, 5.74) is 1.08. The molecule has 0 aromatic heterocycles. The SMILES string of the molecule is Cc1ccc(S(=O)C[C@@H](O)[C@@H](O)[C@@H](Br)CO[Si](c2ccccc2)(c2ccccc2)C(C)(C)C)cc1. The molecule has 35 heavy (non-hydrogen) atoms. The molecule has 4 atom stereocenters. The first-order valence-electron chi connectivity index (χ1n) is 11.8.